The molecule has 0 saturated carbocycles. The van der Waals surface area contributed by atoms with Gasteiger partial charge in [0.2, 0.25) is 21.8 Å². The van der Waals surface area contributed by atoms with Crippen molar-refractivity contribution in [2.24, 2.45) is 0 Å². The number of sulfonamides is 1. The van der Waals surface area contributed by atoms with Crippen LogP contribution in [-0.4, -0.2) is 24.5 Å². The van der Waals surface area contributed by atoms with E-state index in [4.69, 9.17) is 11.6 Å². The molecule has 6 nitrogen and oxygen atoms in total. The number of alkyl halides is 3. The molecular weight excluding hydrogens is 457 g/mol. The summed E-state index contributed by atoms with van der Waals surface area (Å²) in [5.74, 6) is -1.25. The van der Waals surface area contributed by atoms with Crippen LogP contribution in [0.5, 0.6) is 0 Å². The minimum absolute atomic E-state index is 0.00271. The Hall–Kier alpha value is -2.43. The van der Waals surface area contributed by atoms with Crippen LogP contribution in [0.25, 0.3) is 0 Å². The molecular formula is C20H16ClF3N2O4S. The summed E-state index contributed by atoms with van der Waals surface area (Å²) >= 11 is 5.59. The Balaban J connectivity index is 1.60. The molecule has 4 rings (SSSR count). The van der Waals surface area contributed by atoms with Crippen molar-refractivity contribution >= 4 is 33.4 Å². The van der Waals surface area contributed by atoms with Crippen molar-refractivity contribution in [1.29, 1.82) is 0 Å². The number of carbonyl (C=O) groups is 2. The maximum atomic E-state index is 13.1. The number of rotatable bonds is 3. The molecule has 2 amide bonds. The molecule has 2 aliphatic heterocycles. The second-order valence-corrected chi connectivity index (χ2v) is 9.79. The van der Waals surface area contributed by atoms with Gasteiger partial charge in [-0.3, -0.25) is 14.9 Å². The van der Waals surface area contributed by atoms with E-state index in [1.165, 1.54) is 0 Å². The number of hydrogen-bond donors (Lipinski definition) is 1. The molecule has 0 aliphatic carbocycles. The number of halogens is 4. The fourth-order valence-corrected chi connectivity index (χ4v) is 5.46. The van der Waals surface area contributed by atoms with E-state index >= 15 is 0 Å². The predicted octanol–water partition coefficient (Wildman–Crippen LogP) is 3.58. The molecule has 11 heteroatoms. The minimum Gasteiger partial charge on any atom is -0.296 e. The zero-order chi connectivity index (χ0) is 22.6. The van der Waals surface area contributed by atoms with Crippen LogP contribution in [-0.2, 0) is 38.9 Å². The first-order valence-electron chi connectivity index (χ1n) is 9.29. The van der Waals surface area contributed by atoms with Gasteiger partial charge in [0.25, 0.3) is 0 Å². The van der Waals surface area contributed by atoms with Gasteiger partial charge in [-0.15, -0.1) is 0 Å². The number of imide groups is 1. The van der Waals surface area contributed by atoms with Crippen LogP contribution in [0.2, 0.25) is 5.02 Å². The molecule has 0 bridgehead atoms. The van der Waals surface area contributed by atoms with Crippen LogP contribution in [0.3, 0.4) is 0 Å². The van der Waals surface area contributed by atoms with E-state index in [-0.39, 0.29) is 25.4 Å². The van der Waals surface area contributed by atoms with Crippen LogP contribution in [0.1, 0.15) is 41.0 Å². The monoisotopic (exact) mass is 472 g/mol. The normalized spacial score (nSPS) is 19.9. The molecule has 0 spiro atoms. The lowest BCUT2D eigenvalue weighted by molar-refractivity contribution is -0.138. The molecule has 2 aromatic carbocycles. The summed E-state index contributed by atoms with van der Waals surface area (Å²) in [6.45, 7) is -0.0416. The number of nitrogens with one attached hydrogen (secondary N) is 1. The Labute approximate surface area is 181 Å². The van der Waals surface area contributed by atoms with Crippen LogP contribution in [0.15, 0.2) is 41.3 Å². The number of hydrogen-bond acceptors (Lipinski definition) is 4. The van der Waals surface area contributed by atoms with Gasteiger partial charge in [0.1, 0.15) is 0 Å². The summed E-state index contributed by atoms with van der Waals surface area (Å²) in [6.07, 6.45) is -4.21. The molecule has 0 aromatic heterocycles. The van der Waals surface area contributed by atoms with E-state index in [0.29, 0.717) is 29.2 Å². The Morgan fingerprint density at radius 2 is 1.74 bits per heavy atom. The lowest BCUT2D eigenvalue weighted by atomic mass is 9.89. The maximum absolute atomic E-state index is 13.1. The number of nitrogens with zero attached hydrogens (tertiary/aromatic N) is 1. The Morgan fingerprint density at radius 3 is 2.42 bits per heavy atom. The molecule has 31 heavy (non-hydrogen) atoms. The van der Waals surface area contributed by atoms with E-state index < -0.39 is 43.5 Å². The molecule has 1 fully saturated rings. The van der Waals surface area contributed by atoms with Gasteiger partial charge in [-0.25, -0.2) is 8.42 Å². The van der Waals surface area contributed by atoms with Gasteiger partial charge < -0.3 is 0 Å². The molecule has 2 heterocycles. The lowest BCUT2D eigenvalue weighted by Gasteiger charge is -2.21. The zero-order valence-corrected chi connectivity index (χ0v) is 17.4. The third-order valence-electron chi connectivity index (χ3n) is 5.45. The van der Waals surface area contributed by atoms with E-state index in [2.05, 4.69) is 5.32 Å². The Morgan fingerprint density at radius 1 is 1.03 bits per heavy atom. The van der Waals surface area contributed by atoms with Gasteiger partial charge in [-0.2, -0.15) is 17.5 Å². The van der Waals surface area contributed by atoms with Crippen LogP contribution >= 0.6 is 11.6 Å². The predicted molar refractivity (Wildman–Crippen MR) is 104 cm³/mol. The summed E-state index contributed by atoms with van der Waals surface area (Å²) in [4.78, 5) is 23.0. The summed E-state index contributed by atoms with van der Waals surface area (Å²) in [5, 5.41) is 1.71. The Bertz CT molecular complexity index is 1200. The highest BCUT2D eigenvalue weighted by Crippen LogP contribution is 2.38. The third-order valence-corrected chi connectivity index (χ3v) is 7.56. The molecule has 164 valence electrons. The number of fused-ring (bicyclic) bond motifs is 1. The van der Waals surface area contributed by atoms with Gasteiger partial charge >= 0.3 is 6.18 Å². The molecule has 2 aliphatic rings. The lowest BCUT2D eigenvalue weighted by Crippen LogP contribution is -2.39. The van der Waals surface area contributed by atoms with Gasteiger partial charge in [0.05, 0.1) is 21.4 Å². The fraction of sp³-hybridized carbons (Fsp3) is 0.300. The summed E-state index contributed by atoms with van der Waals surface area (Å²) in [7, 11) is -4.21. The van der Waals surface area contributed by atoms with Crippen molar-refractivity contribution in [3.05, 3.63) is 63.7 Å². The largest absolute Gasteiger partial charge is 0.417 e. The van der Waals surface area contributed by atoms with Crippen LogP contribution in [0.4, 0.5) is 13.2 Å². The highest BCUT2D eigenvalue weighted by atomic mass is 35.5. The first-order chi connectivity index (χ1) is 14.5. The van der Waals surface area contributed by atoms with Gasteiger partial charge in [-0.1, -0.05) is 29.8 Å². The first-order valence-corrected chi connectivity index (χ1v) is 11.1. The van der Waals surface area contributed by atoms with E-state index in [0.717, 1.165) is 16.4 Å². The van der Waals surface area contributed by atoms with E-state index in [1.807, 2.05) is 0 Å². The summed E-state index contributed by atoms with van der Waals surface area (Å²) in [5.41, 5.74) is 0.807. The SMILES string of the molecule is O=C1CCC(c2ccc3c(c2)CN(S(=O)(=O)c2ccc(Cl)c(C(F)(F)F)c2)C3)C(=O)N1. The second kappa shape index (κ2) is 7.61. The highest BCUT2D eigenvalue weighted by molar-refractivity contribution is 7.89. The second-order valence-electron chi connectivity index (χ2n) is 7.44. The molecule has 1 saturated heterocycles. The standard InChI is InChI=1S/C20H16ClF3N2O4S/c21-17-5-3-14(8-16(17)20(22,23)24)31(29,30)26-9-12-2-1-11(7-13(12)10-26)15-4-6-18(27)25-19(15)28/h1-3,5,7-8,15H,4,6,9-10H2,(H,25,27,28). The number of piperidine rings is 1. The van der Waals surface area contributed by atoms with Gasteiger partial charge in [-0.05, 0) is 41.3 Å². The first kappa shape index (κ1) is 21.8. The van der Waals surface area contributed by atoms with Gasteiger partial charge in [0.15, 0.2) is 0 Å². The van der Waals surface area contributed by atoms with Crippen LogP contribution < -0.4 is 5.32 Å². The maximum Gasteiger partial charge on any atom is 0.417 e. The van der Waals surface area contributed by atoms with Gasteiger partial charge in [0, 0.05) is 19.5 Å². The zero-order valence-electron chi connectivity index (χ0n) is 15.9. The number of carbonyl (C=O) groups excluding carboxylic acids is 2. The van der Waals surface area contributed by atoms with Crippen molar-refractivity contribution in [2.75, 3.05) is 0 Å². The molecule has 2 aromatic rings. The van der Waals surface area contributed by atoms with E-state index in [9.17, 15) is 31.2 Å². The van der Waals surface area contributed by atoms with Crippen molar-refractivity contribution in [3.63, 3.8) is 0 Å². The summed E-state index contributed by atoms with van der Waals surface area (Å²) < 4.78 is 66.5. The van der Waals surface area contributed by atoms with Crippen molar-refractivity contribution in [3.8, 4) is 0 Å². The molecule has 1 N–H and O–H groups in total. The number of benzene rings is 2. The highest BCUT2D eigenvalue weighted by Gasteiger charge is 2.37. The quantitative estimate of drug-likeness (QED) is 0.692. The van der Waals surface area contributed by atoms with Crippen molar-refractivity contribution in [1.82, 2.24) is 9.62 Å². The van der Waals surface area contributed by atoms with Crippen LogP contribution in [0, 0.1) is 0 Å². The van der Waals surface area contributed by atoms with E-state index in [1.54, 1.807) is 18.2 Å². The smallest absolute Gasteiger partial charge is 0.296 e. The van der Waals surface area contributed by atoms with Crippen molar-refractivity contribution in [2.45, 2.75) is 42.9 Å². The molecule has 0 radical (unpaired) electrons. The average Bonchev–Trinajstić information content (AvgIpc) is 3.11. The fourth-order valence-electron chi connectivity index (χ4n) is 3.81. The van der Waals surface area contributed by atoms with Crippen molar-refractivity contribution < 1.29 is 31.2 Å². The summed E-state index contributed by atoms with van der Waals surface area (Å²) in [6, 6.07) is 7.63. The molecule has 1 atom stereocenters. The molecule has 1 unspecified atom stereocenters. The minimum atomic E-state index is -4.78. The Kier molecular flexibility index (Phi) is 5.35. The third kappa shape index (κ3) is 4.07. The average molecular weight is 473 g/mol. The topological polar surface area (TPSA) is 83.6 Å². The number of amides is 2.